The minimum absolute atomic E-state index is 0.194. The molecule has 0 aromatic carbocycles. The van der Waals surface area contributed by atoms with E-state index in [0.29, 0.717) is 12.6 Å². The molecule has 4 rings (SSSR count). The van der Waals surface area contributed by atoms with Crippen molar-refractivity contribution in [2.75, 3.05) is 13.2 Å². The second-order valence-corrected chi connectivity index (χ2v) is 6.81. The first-order valence-corrected chi connectivity index (χ1v) is 7.48. The lowest BCUT2D eigenvalue weighted by atomic mass is 9.67. The van der Waals surface area contributed by atoms with Crippen molar-refractivity contribution in [3.8, 4) is 0 Å². The summed E-state index contributed by atoms with van der Waals surface area (Å²) in [7, 11) is 0. The molecule has 4 aliphatic rings. The highest BCUT2D eigenvalue weighted by Crippen LogP contribution is 2.53. The van der Waals surface area contributed by atoms with E-state index in [4.69, 9.17) is 4.74 Å². The lowest BCUT2D eigenvalue weighted by Crippen LogP contribution is -2.56. The van der Waals surface area contributed by atoms with Crippen molar-refractivity contribution in [1.82, 2.24) is 10.6 Å². The average Bonchev–Trinajstić information content (AvgIpc) is 3.02. The first-order chi connectivity index (χ1) is 9.55. The Bertz CT molecular complexity index is 541. The Balaban J connectivity index is 1.75. The van der Waals surface area contributed by atoms with Crippen LogP contribution in [0.1, 0.15) is 39.0 Å². The van der Waals surface area contributed by atoms with Crippen molar-refractivity contribution >= 4 is 11.9 Å². The molecular weight excluding hydrogens is 256 g/mol. The van der Waals surface area contributed by atoms with Crippen LogP contribution in [0.4, 0.5) is 0 Å². The maximum atomic E-state index is 12.3. The first kappa shape index (κ1) is 12.4. The highest BCUT2D eigenvalue weighted by atomic mass is 16.5. The molecule has 2 N–H and O–H groups in total. The number of rotatable bonds is 1. The van der Waals surface area contributed by atoms with Crippen LogP contribution in [0.2, 0.25) is 0 Å². The van der Waals surface area contributed by atoms with Crippen LogP contribution in [0.25, 0.3) is 0 Å². The second-order valence-electron chi connectivity index (χ2n) is 6.81. The molecule has 0 radical (unpaired) electrons. The number of nitrogens with one attached hydrogen (secondary N) is 2. The highest BCUT2D eigenvalue weighted by molar-refractivity contribution is 5.92. The fourth-order valence-electron chi connectivity index (χ4n) is 4.77. The zero-order valence-corrected chi connectivity index (χ0v) is 11.8. The van der Waals surface area contributed by atoms with Gasteiger partial charge in [-0.15, -0.1) is 0 Å². The maximum absolute atomic E-state index is 12.3. The smallest absolute Gasteiger partial charge is 0.334 e. The molecule has 0 saturated carbocycles. The van der Waals surface area contributed by atoms with Gasteiger partial charge in [0.15, 0.2) is 0 Å². The normalized spacial score (nSPS) is 43.4. The number of ether oxygens (including phenoxy) is 1. The quantitative estimate of drug-likeness (QED) is 0.690. The van der Waals surface area contributed by atoms with Gasteiger partial charge < -0.3 is 15.4 Å². The molecule has 0 aromatic heterocycles. The van der Waals surface area contributed by atoms with Gasteiger partial charge in [0.05, 0.1) is 5.41 Å². The van der Waals surface area contributed by atoms with E-state index in [1.807, 2.05) is 6.92 Å². The molecule has 1 spiro atoms. The van der Waals surface area contributed by atoms with Crippen molar-refractivity contribution in [1.29, 1.82) is 0 Å². The van der Waals surface area contributed by atoms with Crippen molar-refractivity contribution in [3.05, 3.63) is 11.1 Å². The van der Waals surface area contributed by atoms with E-state index in [2.05, 4.69) is 10.6 Å². The van der Waals surface area contributed by atoms with Crippen LogP contribution >= 0.6 is 0 Å². The molecule has 20 heavy (non-hydrogen) atoms. The summed E-state index contributed by atoms with van der Waals surface area (Å²) in [5, 5.41) is 6.69. The van der Waals surface area contributed by atoms with E-state index < -0.39 is 0 Å². The Morgan fingerprint density at radius 2 is 2.15 bits per heavy atom. The number of esters is 1. The van der Waals surface area contributed by atoms with E-state index in [-0.39, 0.29) is 22.8 Å². The van der Waals surface area contributed by atoms with Gasteiger partial charge >= 0.3 is 5.97 Å². The van der Waals surface area contributed by atoms with E-state index in [1.165, 1.54) is 0 Å². The van der Waals surface area contributed by atoms with Gasteiger partial charge in [-0.25, -0.2) is 4.79 Å². The van der Waals surface area contributed by atoms with Gasteiger partial charge in [0.1, 0.15) is 6.61 Å². The fraction of sp³-hybridized carbons (Fsp3) is 0.733. The predicted octanol–water partition coefficient (Wildman–Crippen LogP) is 0.651. The van der Waals surface area contributed by atoms with Gasteiger partial charge in [0.25, 0.3) is 0 Å². The van der Waals surface area contributed by atoms with Crippen molar-refractivity contribution in [2.45, 2.75) is 50.6 Å². The third-order valence-electron chi connectivity index (χ3n) is 5.73. The summed E-state index contributed by atoms with van der Waals surface area (Å²) in [6.07, 6.45) is 4.76. The molecule has 3 unspecified atom stereocenters. The van der Waals surface area contributed by atoms with E-state index in [9.17, 15) is 9.59 Å². The second kappa shape index (κ2) is 3.85. The first-order valence-electron chi connectivity index (χ1n) is 7.48. The number of carbonyl (C=O) groups is 2. The predicted molar refractivity (Wildman–Crippen MR) is 71.8 cm³/mol. The van der Waals surface area contributed by atoms with Crippen molar-refractivity contribution in [2.24, 2.45) is 5.41 Å². The van der Waals surface area contributed by atoms with Crippen LogP contribution < -0.4 is 10.6 Å². The van der Waals surface area contributed by atoms with Crippen LogP contribution in [-0.4, -0.2) is 36.6 Å². The summed E-state index contributed by atoms with van der Waals surface area (Å²) in [6.45, 7) is 3.03. The van der Waals surface area contributed by atoms with Crippen molar-refractivity contribution in [3.63, 3.8) is 0 Å². The summed E-state index contributed by atoms with van der Waals surface area (Å²) in [4.78, 5) is 24.0. The van der Waals surface area contributed by atoms with Gasteiger partial charge in [-0.05, 0) is 44.6 Å². The molecule has 3 saturated heterocycles. The van der Waals surface area contributed by atoms with Gasteiger partial charge in [-0.1, -0.05) is 0 Å². The summed E-state index contributed by atoms with van der Waals surface area (Å²) in [5.41, 5.74) is 1.41. The van der Waals surface area contributed by atoms with Gasteiger partial charge in [-0.3, -0.25) is 4.79 Å². The SMILES string of the molecule is CC1=C(C23CCC(CC4(CCNC4=O)C2)N3)COC1=O. The van der Waals surface area contributed by atoms with Gasteiger partial charge in [0, 0.05) is 23.7 Å². The Morgan fingerprint density at radius 1 is 1.30 bits per heavy atom. The molecule has 4 aliphatic heterocycles. The minimum atomic E-state index is -0.231. The number of hydrogen-bond donors (Lipinski definition) is 2. The summed E-state index contributed by atoms with van der Waals surface area (Å²) >= 11 is 0. The Morgan fingerprint density at radius 3 is 2.80 bits per heavy atom. The van der Waals surface area contributed by atoms with E-state index in [1.54, 1.807) is 0 Å². The number of hydrogen-bond acceptors (Lipinski definition) is 4. The van der Waals surface area contributed by atoms with Crippen LogP contribution in [0.15, 0.2) is 11.1 Å². The molecular formula is C15H20N2O3. The largest absolute Gasteiger partial charge is 0.458 e. The Hall–Kier alpha value is -1.36. The molecule has 5 nitrogen and oxygen atoms in total. The molecule has 108 valence electrons. The standard InChI is InChI=1S/C15H20N2O3/c1-9-11(7-20-12(9)18)15-3-2-10(17-15)6-14(8-15)4-5-16-13(14)19/h10,17H,2-8H2,1H3,(H,16,19). The van der Waals surface area contributed by atoms with Crippen LogP contribution in [-0.2, 0) is 14.3 Å². The average molecular weight is 276 g/mol. The van der Waals surface area contributed by atoms with Crippen LogP contribution in [0, 0.1) is 5.41 Å². The monoisotopic (exact) mass is 276 g/mol. The minimum Gasteiger partial charge on any atom is -0.458 e. The van der Waals surface area contributed by atoms with E-state index in [0.717, 1.165) is 49.8 Å². The summed E-state index contributed by atoms with van der Waals surface area (Å²) in [5.74, 6) is 0.00823. The highest BCUT2D eigenvalue weighted by Gasteiger charge is 2.58. The topological polar surface area (TPSA) is 67.4 Å². The van der Waals surface area contributed by atoms with Gasteiger partial charge in [0.2, 0.25) is 5.91 Å². The number of fused-ring (bicyclic) bond motifs is 2. The van der Waals surface area contributed by atoms with Crippen molar-refractivity contribution < 1.29 is 14.3 Å². The molecule has 3 fully saturated rings. The lowest BCUT2D eigenvalue weighted by molar-refractivity contribution is -0.136. The Kier molecular flexibility index (Phi) is 2.38. The number of amides is 1. The summed E-state index contributed by atoms with van der Waals surface area (Å²) in [6, 6.07) is 0.392. The molecule has 1 amide bonds. The van der Waals surface area contributed by atoms with Crippen LogP contribution in [0.5, 0.6) is 0 Å². The molecule has 3 atom stereocenters. The molecule has 0 aromatic rings. The third-order valence-corrected chi connectivity index (χ3v) is 5.73. The zero-order chi connectivity index (χ0) is 14.0. The molecule has 5 heteroatoms. The number of piperidine rings is 1. The Labute approximate surface area is 118 Å². The van der Waals surface area contributed by atoms with Gasteiger partial charge in [-0.2, -0.15) is 0 Å². The number of cyclic esters (lactones) is 1. The maximum Gasteiger partial charge on any atom is 0.334 e. The lowest BCUT2D eigenvalue weighted by Gasteiger charge is -2.44. The molecule has 2 bridgehead atoms. The molecule has 4 heterocycles. The molecule has 0 aliphatic carbocycles. The summed E-state index contributed by atoms with van der Waals surface area (Å²) < 4.78 is 5.20. The third kappa shape index (κ3) is 1.47. The van der Waals surface area contributed by atoms with Crippen LogP contribution in [0.3, 0.4) is 0 Å². The fourth-order valence-corrected chi connectivity index (χ4v) is 4.77. The zero-order valence-electron chi connectivity index (χ0n) is 11.8. The number of carbonyl (C=O) groups excluding carboxylic acids is 2. The van der Waals surface area contributed by atoms with E-state index >= 15 is 0 Å².